The lowest BCUT2D eigenvalue weighted by molar-refractivity contribution is 0.505. The highest BCUT2D eigenvalue weighted by Crippen LogP contribution is 2.10. The highest BCUT2D eigenvalue weighted by Gasteiger charge is 1.92. The number of unbranched alkanes of at least 4 members (excludes halogenated alkanes) is 10. The van der Waals surface area contributed by atoms with Gasteiger partial charge in [-0.2, -0.15) is 0 Å². The van der Waals surface area contributed by atoms with E-state index in [9.17, 15) is 0 Å². The fourth-order valence-electron chi connectivity index (χ4n) is 1.86. The first-order valence-corrected chi connectivity index (χ1v) is 8.88. The Balaban J connectivity index is 0. The molecule has 0 aliphatic heterocycles. The molecule has 0 bridgehead atoms. The van der Waals surface area contributed by atoms with E-state index in [-0.39, 0.29) is 0 Å². The van der Waals surface area contributed by atoms with Crippen molar-refractivity contribution < 1.29 is 0 Å². The fraction of sp³-hybridized carbons (Fsp3) is 1.00. The molecule has 0 amide bonds. The van der Waals surface area contributed by atoms with Gasteiger partial charge in [-0.05, 0) is 27.6 Å². The first-order chi connectivity index (χ1) is 9.15. The molecule has 0 aromatic carbocycles. The van der Waals surface area contributed by atoms with Crippen LogP contribution in [0.1, 0.15) is 77.6 Å². The maximum absolute atomic E-state index is 3.22. The standard InChI is InChI=1S/C13H28BrN.C3H9N/c1-2-3-4-5-6-7-8-9-10-11-12-13-15-14;1-4(2)3/h15H,2-13H2,1H3;1-3H3. The Morgan fingerprint density at radius 2 is 1.00 bits per heavy atom. The van der Waals surface area contributed by atoms with Crippen molar-refractivity contribution in [3.05, 3.63) is 0 Å². The van der Waals surface area contributed by atoms with Gasteiger partial charge in [0, 0.05) is 22.7 Å². The highest BCUT2D eigenvalue weighted by atomic mass is 79.9. The molecule has 0 aliphatic rings. The van der Waals surface area contributed by atoms with Gasteiger partial charge in [-0.25, -0.2) is 0 Å². The number of rotatable bonds is 12. The Morgan fingerprint density at radius 1 is 0.684 bits per heavy atom. The van der Waals surface area contributed by atoms with Crippen molar-refractivity contribution in [1.29, 1.82) is 0 Å². The van der Waals surface area contributed by atoms with Crippen molar-refractivity contribution in [1.82, 2.24) is 9.24 Å². The molecule has 0 unspecified atom stereocenters. The number of halogens is 1. The zero-order valence-corrected chi connectivity index (χ0v) is 15.4. The van der Waals surface area contributed by atoms with Crippen molar-refractivity contribution in [3.8, 4) is 0 Å². The Bertz CT molecular complexity index is 126. The quantitative estimate of drug-likeness (QED) is 0.380. The van der Waals surface area contributed by atoms with Gasteiger partial charge < -0.3 is 4.90 Å². The smallest absolute Gasteiger partial charge is 0.00875 e. The fourth-order valence-corrected chi connectivity index (χ4v) is 2.14. The molecule has 3 heteroatoms. The summed E-state index contributed by atoms with van der Waals surface area (Å²) in [6, 6.07) is 0. The van der Waals surface area contributed by atoms with Crippen molar-refractivity contribution in [2.45, 2.75) is 77.6 Å². The van der Waals surface area contributed by atoms with Gasteiger partial charge in [-0.1, -0.05) is 71.1 Å². The second-order valence-corrected chi connectivity index (χ2v) is 6.32. The molecule has 0 aliphatic carbocycles. The number of nitrogens with one attached hydrogen (secondary N) is 1. The molecule has 2 nitrogen and oxygen atoms in total. The van der Waals surface area contributed by atoms with E-state index < -0.39 is 0 Å². The Labute approximate surface area is 131 Å². The summed E-state index contributed by atoms with van der Waals surface area (Å²) in [6.45, 7) is 3.39. The largest absolute Gasteiger partial charge is 0.312 e. The number of nitrogens with zero attached hydrogens (tertiary/aromatic N) is 1. The van der Waals surface area contributed by atoms with Gasteiger partial charge in [0.25, 0.3) is 0 Å². The summed E-state index contributed by atoms with van der Waals surface area (Å²) in [7, 11) is 6.00. The molecule has 0 atom stereocenters. The van der Waals surface area contributed by atoms with E-state index in [0.29, 0.717) is 0 Å². The van der Waals surface area contributed by atoms with Crippen LogP contribution in [0.4, 0.5) is 0 Å². The minimum atomic E-state index is 1.11. The van der Waals surface area contributed by atoms with Crippen LogP contribution in [0.2, 0.25) is 0 Å². The second-order valence-electron chi connectivity index (χ2n) is 5.76. The van der Waals surface area contributed by atoms with Crippen LogP contribution >= 0.6 is 16.1 Å². The van der Waals surface area contributed by atoms with Crippen LogP contribution in [0.3, 0.4) is 0 Å². The molecule has 0 radical (unpaired) electrons. The molecule has 0 aromatic rings. The van der Waals surface area contributed by atoms with Gasteiger partial charge in [0.1, 0.15) is 0 Å². The number of hydrogen-bond donors (Lipinski definition) is 1. The van der Waals surface area contributed by atoms with E-state index >= 15 is 0 Å². The van der Waals surface area contributed by atoms with Gasteiger partial charge in [-0.3, -0.25) is 4.34 Å². The van der Waals surface area contributed by atoms with Crippen molar-refractivity contribution in [2.24, 2.45) is 0 Å². The molecule has 0 heterocycles. The van der Waals surface area contributed by atoms with Crippen LogP contribution in [-0.2, 0) is 0 Å². The van der Waals surface area contributed by atoms with E-state index in [0.717, 1.165) is 6.54 Å². The highest BCUT2D eigenvalue weighted by molar-refractivity contribution is 9.08. The van der Waals surface area contributed by atoms with Gasteiger partial charge in [0.15, 0.2) is 0 Å². The van der Waals surface area contributed by atoms with E-state index in [1.807, 2.05) is 26.0 Å². The van der Waals surface area contributed by atoms with Gasteiger partial charge >= 0.3 is 0 Å². The maximum Gasteiger partial charge on any atom is 0.00875 e. The topological polar surface area (TPSA) is 15.3 Å². The zero-order chi connectivity index (χ0) is 14.8. The number of hydrogen-bond acceptors (Lipinski definition) is 2. The van der Waals surface area contributed by atoms with Crippen LogP contribution in [-0.4, -0.2) is 32.6 Å². The molecule has 0 rings (SSSR count). The summed E-state index contributed by atoms with van der Waals surface area (Å²) in [6.07, 6.45) is 15.6. The molecule has 0 saturated carbocycles. The first kappa shape index (κ1) is 21.7. The minimum absolute atomic E-state index is 1.11. The Kier molecular flexibility index (Phi) is 23.6. The van der Waals surface area contributed by atoms with Crippen molar-refractivity contribution in [3.63, 3.8) is 0 Å². The molecule has 0 fully saturated rings. The lowest BCUT2D eigenvalue weighted by Crippen LogP contribution is -1.99. The first-order valence-electron chi connectivity index (χ1n) is 8.09. The van der Waals surface area contributed by atoms with Crippen LogP contribution in [0.5, 0.6) is 0 Å². The molecule has 19 heavy (non-hydrogen) atoms. The zero-order valence-electron chi connectivity index (χ0n) is 13.8. The SMILES string of the molecule is CCCCCCCCCCCCCNBr.CN(C)C. The van der Waals surface area contributed by atoms with E-state index in [1.165, 1.54) is 70.6 Å². The van der Waals surface area contributed by atoms with Crippen LogP contribution < -0.4 is 4.34 Å². The van der Waals surface area contributed by atoms with Gasteiger partial charge in [-0.15, -0.1) is 0 Å². The Hall–Kier alpha value is 0.400. The third kappa shape index (κ3) is 32.2. The predicted octanol–water partition coefficient (Wildman–Crippen LogP) is 5.37. The van der Waals surface area contributed by atoms with E-state index in [2.05, 4.69) is 27.4 Å². The van der Waals surface area contributed by atoms with E-state index in [1.54, 1.807) is 0 Å². The van der Waals surface area contributed by atoms with Crippen molar-refractivity contribution >= 4 is 16.1 Å². The Morgan fingerprint density at radius 3 is 1.32 bits per heavy atom. The summed E-state index contributed by atoms with van der Waals surface area (Å²) in [5.41, 5.74) is 0. The molecule has 0 saturated heterocycles. The third-order valence-electron chi connectivity index (χ3n) is 2.87. The predicted molar refractivity (Wildman–Crippen MR) is 93.0 cm³/mol. The van der Waals surface area contributed by atoms with Gasteiger partial charge in [0.2, 0.25) is 0 Å². The normalized spacial score (nSPS) is 10.4. The molecular weight excluding hydrogens is 300 g/mol. The molecule has 118 valence electrons. The molecule has 0 aromatic heterocycles. The minimum Gasteiger partial charge on any atom is -0.312 e. The lowest BCUT2D eigenvalue weighted by Gasteiger charge is -2.01. The maximum atomic E-state index is 3.22. The summed E-state index contributed by atoms with van der Waals surface area (Å²) in [4.78, 5) is 2.00. The average molecular weight is 337 g/mol. The van der Waals surface area contributed by atoms with Crippen LogP contribution in [0.15, 0.2) is 0 Å². The summed E-state index contributed by atoms with van der Waals surface area (Å²) >= 11 is 3.22. The van der Waals surface area contributed by atoms with Crippen molar-refractivity contribution in [2.75, 3.05) is 27.7 Å². The lowest BCUT2D eigenvalue weighted by atomic mass is 10.1. The third-order valence-corrected chi connectivity index (χ3v) is 3.27. The molecular formula is C16H37BrN2. The monoisotopic (exact) mass is 336 g/mol. The molecule has 0 spiro atoms. The van der Waals surface area contributed by atoms with Gasteiger partial charge in [0.05, 0.1) is 0 Å². The van der Waals surface area contributed by atoms with Crippen LogP contribution in [0, 0.1) is 0 Å². The van der Waals surface area contributed by atoms with Crippen LogP contribution in [0.25, 0.3) is 0 Å². The summed E-state index contributed by atoms with van der Waals surface area (Å²) in [5, 5.41) is 0. The molecule has 1 N–H and O–H groups in total. The van der Waals surface area contributed by atoms with E-state index in [4.69, 9.17) is 0 Å². The summed E-state index contributed by atoms with van der Waals surface area (Å²) < 4.78 is 3.01. The second kappa shape index (κ2) is 20.7. The average Bonchev–Trinajstić information content (AvgIpc) is 2.35. The summed E-state index contributed by atoms with van der Waals surface area (Å²) in [5.74, 6) is 0.